The lowest BCUT2D eigenvalue weighted by Gasteiger charge is -2.27. The van der Waals surface area contributed by atoms with Crippen molar-refractivity contribution >= 4 is 34.9 Å². The van der Waals surface area contributed by atoms with Gasteiger partial charge in [-0.25, -0.2) is 4.79 Å². The average Bonchev–Trinajstić information content (AvgIpc) is 3.67. The Labute approximate surface area is 217 Å². The van der Waals surface area contributed by atoms with Crippen LogP contribution in [-0.2, 0) is 9.59 Å². The molecule has 3 N–H and O–H groups in total. The molecule has 3 fully saturated rings. The summed E-state index contributed by atoms with van der Waals surface area (Å²) in [5.41, 5.74) is 2.44. The summed E-state index contributed by atoms with van der Waals surface area (Å²) in [4.78, 5) is 40.7. The third-order valence-corrected chi connectivity index (χ3v) is 7.56. The predicted molar refractivity (Wildman–Crippen MR) is 143 cm³/mol. The van der Waals surface area contributed by atoms with E-state index in [0.29, 0.717) is 30.3 Å². The maximum Gasteiger partial charge on any atom is 0.323 e. The third kappa shape index (κ3) is 6.15. The van der Waals surface area contributed by atoms with Gasteiger partial charge >= 0.3 is 6.03 Å². The molecule has 2 aromatic carbocycles. The zero-order valence-electron chi connectivity index (χ0n) is 21.2. The van der Waals surface area contributed by atoms with Gasteiger partial charge in [-0.05, 0) is 87.1 Å². The SMILES string of the molecule is CN(C(=O)[C@H]1CCC(=O)N1)C1CCN(c2ccc(NC(=O)Nc3ccc(OC4CCCC4)cc3)cc2)C1. The molecule has 196 valence electrons. The van der Waals surface area contributed by atoms with Crippen molar-refractivity contribution in [1.29, 1.82) is 0 Å². The molecule has 0 radical (unpaired) electrons. The van der Waals surface area contributed by atoms with E-state index in [0.717, 1.165) is 43.8 Å². The van der Waals surface area contributed by atoms with Crippen molar-refractivity contribution in [2.45, 2.75) is 63.1 Å². The summed E-state index contributed by atoms with van der Waals surface area (Å²) in [6.07, 6.45) is 6.84. The molecule has 9 nitrogen and oxygen atoms in total. The molecular formula is C28H35N5O4. The molecule has 2 saturated heterocycles. The molecule has 2 aromatic rings. The summed E-state index contributed by atoms with van der Waals surface area (Å²) in [6.45, 7) is 1.57. The first-order chi connectivity index (χ1) is 17.9. The molecular weight excluding hydrogens is 470 g/mol. The number of amides is 4. The molecule has 0 aromatic heterocycles. The van der Waals surface area contributed by atoms with E-state index in [-0.39, 0.29) is 23.9 Å². The van der Waals surface area contributed by atoms with Crippen LogP contribution in [0.1, 0.15) is 44.9 Å². The molecule has 37 heavy (non-hydrogen) atoms. The normalized spacial score (nSPS) is 21.5. The fraction of sp³-hybridized carbons (Fsp3) is 0.464. The van der Waals surface area contributed by atoms with Crippen LogP contribution in [0.4, 0.5) is 21.9 Å². The van der Waals surface area contributed by atoms with Crippen LogP contribution in [-0.4, -0.2) is 61.1 Å². The molecule has 3 aliphatic rings. The number of rotatable bonds is 7. The molecule has 1 unspecified atom stereocenters. The van der Waals surface area contributed by atoms with E-state index in [1.54, 1.807) is 4.90 Å². The summed E-state index contributed by atoms with van der Waals surface area (Å²) in [5, 5.41) is 8.49. The van der Waals surface area contributed by atoms with Crippen LogP contribution in [0.5, 0.6) is 5.75 Å². The van der Waals surface area contributed by atoms with Crippen LogP contribution in [0, 0.1) is 0 Å². The molecule has 2 heterocycles. The van der Waals surface area contributed by atoms with Crippen LogP contribution >= 0.6 is 0 Å². The van der Waals surface area contributed by atoms with Crippen molar-refractivity contribution in [3.63, 3.8) is 0 Å². The Morgan fingerprint density at radius 3 is 2.22 bits per heavy atom. The molecule has 1 aliphatic carbocycles. The number of nitrogens with zero attached hydrogens (tertiary/aromatic N) is 2. The molecule has 2 atom stereocenters. The summed E-state index contributed by atoms with van der Waals surface area (Å²) in [7, 11) is 1.82. The summed E-state index contributed by atoms with van der Waals surface area (Å²) in [5.74, 6) is 0.766. The van der Waals surface area contributed by atoms with Crippen LogP contribution < -0.4 is 25.6 Å². The highest BCUT2D eigenvalue weighted by atomic mass is 16.5. The number of carbonyl (C=O) groups is 3. The molecule has 1 saturated carbocycles. The summed E-state index contributed by atoms with van der Waals surface area (Å²) >= 11 is 0. The highest BCUT2D eigenvalue weighted by Gasteiger charge is 2.34. The van der Waals surface area contributed by atoms with Gasteiger partial charge in [-0.3, -0.25) is 9.59 Å². The van der Waals surface area contributed by atoms with Crippen LogP contribution in [0.25, 0.3) is 0 Å². The number of carbonyl (C=O) groups excluding carboxylic acids is 3. The molecule has 4 amide bonds. The number of anilines is 3. The Bertz CT molecular complexity index is 1110. The van der Waals surface area contributed by atoms with Crippen molar-refractivity contribution in [1.82, 2.24) is 10.2 Å². The number of likely N-dealkylation sites (N-methyl/N-ethyl adjacent to an activating group) is 1. The lowest BCUT2D eigenvalue weighted by Crippen LogP contribution is -2.47. The quantitative estimate of drug-likeness (QED) is 0.529. The lowest BCUT2D eigenvalue weighted by atomic mass is 10.1. The number of benzene rings is 2. The summed E-state index contributed by atoms with van der Waals surface area (Å²) in [6, 6.07) is 14.6. The molecule has 0 spiro atoms. The second kappa shape index (κ2) is 11.1. The topological polar surface area (TPSA) is 103 Å². The van der Waals surface area contributed by atoms with Crippen LogP contribution in [0.15, 0.2) is 48.5 Å². The van der Waals surface area contributed by atoms with Crippen molar-refractivity contribution in [2.24, 2.45) is 0 Å². The Kier molecular flexibility index (Phi) is 7.48. The van der Waals surface area contributed by atoms with Crippen molar-refractivity contribution in [2.75, 3.05) is 35.7 Å². The van der Waals surface area contributed by atoms with Gasteiger partial charge in [-0.15, -0.1) is 0 Å². The maximum absolute atomic E-state index is 12.7. The van der Waals surface area contributed by atoms with E-state index in [1.165, 1.54) is 12.8 Å². The Morgan fingerprint density at radius 1 is 0.946 bits per heavy atom. The maximum atomic E-state index is 12.7. The van der Waals surface area contributed by atoms with E-state index in [4.69, 9.17) is 4.74 Å². The first kappa shape index (κ1) is 24.9. The Hall–Kier alpha value is -3.75. The van der Waals surface area contributed by atoms with E-state index in [1.807, 2.05) is 55.6 Å². The van der Waals surface area contributed by atoms with Gasteiger partial charge in [-0.2, -0.15) is 0 Å². The smallest absolute Gasteiger partial charge is 0.323 e. The monoisotopic (exact) mass is 505 g/mol. The van der Waals surface area contributed by atoms with Gasteiger partial charge in [0.1, 0.15) is 11.8 Å². The van der Waals surface area contributed by atoms with E-state index in [2.05, 4.69) is 20.9 Å². The summed E-state index contributed by atoms with van der Waals surface area (Å²) < 4.78 is 5.98. The molecule has 0 bridgehead atoms. The lowest BCUT2D eigenvalue weighted by molar-refractivity contribution is -0.134. The first-order valence-corrected chi connectivity index (χ1v) is 13.2. The largest absolute Gasteiger partial charge is 0.490 e. The van der Waals surface area contributed by atoms with Crippen molar-refractivity contribution < 1.29 is 19.1 Å². The first-order valence-electron chi connectivity index (χ1n) is 13.2. The average molecular weight is 506 g/mol. The fourth-order valence-electron chi connectivity index (χ4n) is 5.38. The van der Waals surface area contributed by atoms with Gasteiger partial charge in [0, 0.05) is 43.6 Å². The van der Waals surface area contributed by atoms with Crippen LogP contribution in [0.2, 0.25) is 0 Å². The molecule has 9 heteroatoms. The van der Waals surface area contributed by atoms with Crippen LogP contribution in [0.3, 0.4) is 0 Å². The number of urea groups is 1. The van der Waals surface area contributed by atoms with E-state index >= 15 is 0 Å². The Balaban J connectivity index is 1.09. The fourth-order valence-corrected chi connectivity index (χ4v) is 5.38. The number of ether oxygens (including phenoxy) is 1. The van der Waals surface area contributed by atoms with Gasteiger partial charge in [0.05, 0.1) is 12.1 Å². The van der Waals surface area contributed by atoms with Crippen molar-refractivity contribution in [3.05, 3.63) is 48.5 Å². The minimum absolute atomic E-state index is 0.0146. The van der Waals surface area contributed by atoms with Gasteiger partial charge in [0.2, 0.25) is 11.8 Å². The third-order valence-electron chi connectivity index (χ3n) is 7.56. The highest BCUT2D eigenvalue weighted by molar-refractivity contribution is 5.99. The number of hydrogen-bond acceptors (Lipinski definition) is 5. The second-order valence-electron chi connectivity index (χ2n) is 10.2. The standard InChI is InChI=1S/C28H35N5O4/c1-32(27(35)25-14-15-26(34)31-25)22-16-17-33(18-22)21-10-6-19(7-11-21)29-28(36)30-20-8-12-24(13-9-20)37-23-4-2-3-5-23/h6-13,22-23,25H,2-5,14-18H2,1H3,(H,31,34)(H2,29,30,36)/t22?,25-/m1/s1. The van der Waals surface area contributed by atoms with E-state index in [9.17, 15) is 14.4 Å². The van der Waals surface area contributed by atoms with Crippen molar-refractivity contribution in [3.8, 4) is 5.75 Å². The zero-order chi connectivity index (χ0) is 25.8. The molecule has 5 rings (SSSR count). The van der Waals surface area contributed by atoms with Gasteiger partial charge in [-0.1, -0.05) is 0 Å². The minimum Gasteiger partial charge on any atom is -0.490 e. The zero-order valence-corrected chi connectivity index (χ0v) is 21.2. The second-order valence-corrected chi connectivity index (χ2v) is 10.2. The van der Waals surface area contributed by atoms with Gasteiger partial charge in [0.25, 0.3) is 0 Å². The number of hydrogen-bond donors (Lipinski definition) is 3. The number of nitrogens with one attached hydrogen (secondary N) is 3. The van der Waals surface area contributed by atoms with Gasteiger partial charge < -0.3 is 30.5 Å². The minimum atomic E-state index is -0.397. The van der Waals surface area contributed by atoms with Gasteiger partial charge in [0.15, 0.2) is 0 Å². The van der Waals surface area contributed by atoms with E-state index < -0.39 is 6.04 Å². The molecule has 2 aliphatic heterocycles. The highest BCUT2D eigenvalue weighted by Crippen LogP contribution is 2.26. The predicted octanol–water partition coefficient (Wildman–Crippen LogP) is 3.97. The Morgan fingerprint density at radius 2 is 1.59 bits per heavy atom.